The highest BCUT2D eigenvalue weighted by Gasteiger charge is 2.06. The zero-order valence-corrected chi connectivity index (χ0v) is 11.6. The van der Waals surface area contributed by atoms with Gasteiger partial charge in [0.1, 0.15) is 0 Å². The lowest BCUT2D eigenvalue weighted by Crippen LogP contribution is -2.13. The van der Waals surface area contributed by atoms with E-state index in [2.05, 4.69) is 22.4 Å². The fourth-order valence-corrected chi connectivity index (χ4v) is 2.35. The Morgan fingerprint density at radius 1 is 1.37 bits per heavy atom. The third kappa shape index (κ3) is 4.46. The van der Waals surface area contributed by atoms with E-state index in [1.54, 1.807) is 7.11 Å². The summed E-state index contributed by atoms with van der Waals surface area (Å²) in [6.45, 7) is 0.425. The van der Waals surface area contributed by atoms with Crippen molar-refractivity contribution in [2.75, 3.05) is 19.0 Å². The number of ether oxygens (including phenoxy) is 1. The molecule has 0 aliphatic heterocycles. The van der Waals surface area contributed by atoms with Gasteiger partial charge in [0.25, 0.3) is 0 Å². The summed E-state index contributed by atoms with van der Waals surface area (Å²) in [4.78, 5) is 15.9. The maximum absolute atomic E-state index is 11.5. The SMILES string of the molecule is COCCC(=O)Nc1nc(Cc2ccccc2)cs1. The molecular weight excluding hydrogens is 260 g/mol. The first-order chi connectivity index (χ1) is 9.28. The van der Waals surface area contributed by atoms with E-state index in [4.69, 9.17) is 4.74 Å². The van der Waals surface area contributed by atoms with Crippen LogP contribution in [0, 0.1) is 0 Å². The van der Waals surface area contributed by atoms with E-state index < -0.39 is 0 Å². The van der Waals surface area contributed by atoms with Crippen LogP contribution in [0.25, 0.3) is 0 Å². The van der Waals surface area contributed by atoms with Crippen molar-refractivity contribution in [3.8, 4) is 0 Å². The molecule has 1 aromatic heterocycles. The molecule has 19 heavy (non-hydrogen) atoms. The van der Waals surface area contributed by atoms with Crippen molar-refractivity contribution in [2.24, 2.45) is 0 Å². The molecule has 5 heteroatoms. The van der Waals surface area contributed by atoms with E-state index >= 15 is 0 Å². The van der Waals surface area contributed by atoms with E-state index in [-0.39, 0.29) is 5.91 Å². The van der Waals surface area contributed by atoms with Crippen molar-refractivity contribution in [2.45, 2.75) is 12.8 Å². The van der Waals surface area contributed by atoms with Gasteiger partial charge in [0.15, 0.2) is 5.13 Å². The van der Waals surface area contributed by atoms with E-state index in [0.717, 1.165) is 12.1 Å². The summed E-state index contributed by atoms with van der Waals surface area (Å²) in [5, 5.41) is 5.39. The van der Waals surface area contributed by atoms with Crippen LogP contribution in [0.4, 0.5) is 5.13 Å². The Labute approximate surface area is 116 Å². The molecule has 0 bridgehead atoms. The number of hydrogen-bond donors (Lipinski definition) is 1. The molecule has 1 heterocycles. The highest BCUT2D eigenvalue weighted by atomic mass is 32.1. The minimum absolute atomic E-state index is 0.0672. The van der Waals surface area contributed by atoms with Gasteiger partial charge in [-0.1, -0.05) is 30.3 Å². The number of carbonyl (C=O) groups excluding carboxylic acids is 1. The molecule has 0 radical (unpaired) electrons. The number of methoxy groups -OCH3 is 1. The number of benzene rings is 1. The molecule has 1 amide bonds. The van der Waals surface area contributed by atoms with Crippen LogP contribution < -0.4 is 5.32 Å². The van der Waals surface area contributed by atoms with Gasteiger partial charge in [0.2, 0.25) is 5.91 Å². The third-order valence-electron chi connectivity index (χ3n) is 2.56. The molecule has 1 aromatic carbocycles. The summed E-state index contributed by atoms with van der Waals surface area (Å²) < 4.78 is 4.86. The fourth-order valence-electron chi connectivity index (χ4n) is 1.63. The Bertz CT molecular complexity index is 525. The van der Waals surface area contributed by atoms with E-state index in [1.807, 2.05) is 23.6 Å². The molecule has 0 fully saturated rings. The fraction of sp³-hybridized carbons (Fsp3) is 0.286. The zero-order valence-electron chi connectivity index (χ0n) is 10.8. The van der Waals surface area contributed by atoms with Crippen LogP contribution >= 0.6 is 11.3 Å². The van der Waals surface area contributed by atoms with Gasteiger partial charge in [-0.25, -0.2) is 4.98 Å². The first kappa shape index (κ1) is 13.7. The first-order valence-electron chi connectivity index (χ1n) is 6.05. The molecule has 100 valence electrons. The molecular formula is C14H16N2O2S. The number of amides is 1. The van der Waals surface area contributed by atoms with Crippen LogP contribution in [0.1, 0.15) is 17.7 Å². The second-order valence-electron chi connectivity index (χ2n) is 4.10. The van der Waals surface area contributed by atoms with Gasteiger partial charge < -0.3 is 10.1 Å². The molecule has 0 aliphatic rings. The minimum atomic E-state index is -0.0672. The highest BCUT2D eigenvalue weighted by Crippen LogP contribution is 2.18. The average molecular weight is 276 g/mol. The van der Waals surface area contributed by atoms with Gasteiger partial charge in [-0.3, -0.25) is 4.79 Å². The lowest BCUT2D eigenvalue weighted by molar-refractivity contribution is -0.117. The quantitative estimate of drug-likeness (QED) is 0.882. The van der Waals surface area contributed by atoms with Gasteiger partial charge in [0, 0.05) is 18.9 Å². The molecule has 0 saturated carbocycles. The predicted molar refractivity (Wildman–Crippen MR) is 76.5 cm³/mol. The standard InChI is InChI=1S/C14H16N2O2S/c1-18-8-7-13(17)16-14-15-12(10-19-14)9-11-5-3-2-4-6-11/h2-6,10H,7-9H2,1H3,(H,15,16,17). The van der Waals surface area contributed by atoms with Crippen molar-refractivity contribution in [3.63, 3.8) is 0 Å². The zero-order chi connectivity index (χ0) is 13.5. The molecule has 0 saturated heterocycles. The summed E-state index contributed by atoms with van der Waals surface area (Å²) in [5.74, 6) is -0.0672. The molecule has 2 rings (SSSR count). The maximum atomic E-state index is 11.5. The number of carbonyl (C=O) groups is 1. The average Bonchev–Trinajstić information content (AvgIpc) is 2.85. The summed E-state index contributed by atoms with van der Waals surface area (Å²) in [6, 6.07) is 10.1. The number of aromatic nitrogens is 1. The highest BCUT2D eigenvalue weighted by molar-refractivity contribution is 7.13. The van der Waals surface area contributed by atoms with Crippen LogP contribution in [0.3, 0.4) is 0 Å². The molecule has 0 aliphatic carbocycles. The van der Waals surface area contributed by atoms with Crippen LogP contribution in [-0.2, 0) is 16.0 Å². The summed E-state index contributed by atoms with van der Waals surface area (Å²) in [5.41, 5.74) is 2.18. The van der Waals surface area contributed by atoms with Crippen LogP contribution in [0.15, 0.2) is 35.7 Å². The van der Waals surface area contributed by atoms with Crippen LogP contribution in [0.5, 0.6) is 0 Å². The molecule has 1 N–H and O–H groups in total. The topological polar surface area (TPSA) is 51.2 Å². The predicted octanol–water partition coefficient (Wildman–Crippen LogP) is 2.71. The van der Waals surface area contributed by atoms with Gasteiger partial charge in [-0.15, -0.1) is 11.3 Å². The van der Waals surface area contributed by atoms with E-state index in [1.165, 1.54) is 16.9 Å². The number of anilines is 1. The van der Waals surface area contributed by atoms with Crippen LogP contribution in [0.2, 0.25) is 0 Å². The smallest absolute Gasteiger partial charge is 0.228 e. The summed E-state index contributed by atoms with van der Waals surface area (Å²) in [6.07, 6.45) is 1.13. The van der Waals surface area contributed by atoms with Gasteiger partial charge in [0.05, 0.1) is 18.7 Å². The largest absolute Gasteiger partial charge is 0.384 e. The Kier molecular flexibility index (Phi) is 5.06. The maximum Gasteiger partial charge on any atom is 0.228 e. The molecule has 4 nitrogen and oxygen atoms in total. The van der Waals surface area contributed by atoms with Gasteiger partial charge in [-0.2, -0.15) is 0 Å². The van der Waals surface area contributed by atoms with Crippen molar-refractivity contribution in [1.82, 2.24) is 4.98 Å². The normalized spacial score (nSPS) is 10.4. The van der Waals surface area contributed by atoms with Crippen molar-refractivity contribution >= 4 is 22.4 Å². The third-order valence-corrected chi connectivity index (χ3v) is 3.37. The molecule has 0 spiro atoms. The Hall–Kier alpha value is -1.72. The molecule has 0 unspecified atom stereocenters. The second kappa shape index (κ2) is 7.01. The Morgan fingerprint density at radius 2 is 2.16 bits per heavy atom. The summed E-state index contributed by atoms with van der Waals surface area (Å²) in [7, 11) is 1.58. The Balaban J connectivity index is 1.90. The number of nitrogens with zero attached hydrogens (tertiary/aromatic N) is 1. The van der Waals surface area contributed by atoms with Gasteiger partial charge in [-0.05, 0) is 5.56 Å². The minimum Gasteiger partial charge on any atom is -0.384 e. The number of thiazole rings is 1. The van der Waals surface area contributed by atoms with Crippen LogP contribution in [-0.4, -0.2) is 24.6 Å². The Morgan fingerprint density at radius 3 is 2.89 bits per heavy atom. The lowest BCUT2D eigenvalue weighted by atomic mass is 10.1. The number of hydrogen-bond acceptors (Lipinski definition) is 4. The molecule has 0 atom stereocenters. The van der Waals surface area contributed by atoms with E-state index in [0.29, 0.717) is 18.2 Å². The monoisotopic (exact) mass is 276 g/mol. The van der Waals surface area contributed by atoms with E-state index in [9.17, 15) is 4.79 Å². The number of nitrogens with one attached hydrogen (secondary N) is 1. The van der Waals surface area contributed by atoms with Crippen molar-refractivity contribution < 1.29 is 9.53 Å². The summed E-state index contributed by atoms with van der Waals surface area (Å²) >= 11 is 1.45. The first-order valence-corrected chi connectivity index (χ1v) is 6.93. The second-order valence-corrected chi connectivity index (χ2v) is 4.96. The van der Waals surface area contributed by atoms with Crippen molar-refractivity contribution in [1.29, 1.82) is 0 Å². The van der Waals surface area contributed by atoms with Crippen molar-refractivity contribution in [3.05, 3.63) is 47.0 Å². The number of rotatable bonds is 6. The molecule has 2 aromatic rings. The van der Waals surface area contributed by atoms with Gasteiger partial charge >= 0.3 is 0 Å². The lowest BCUT2D eigenvalue weighted by Gasteiger charge is -2.00.